The number of amides is 1. The van der Waals surface area contributed by atoms with Gasteiger partial charge in [0.15, 0.2) is 5.11 Å². The van der Waals surface area contributed by atoms with E-state index in [2.05, 4.69) is 38.2 Å². The fourth-order valence-corrected chi connectivity index (χ4v) is 1.99. The largest absolute Gasteiger partial charge is 0.317 e. The zero-order valence-corrected chi connectivity index (χ0v) is 13.7. The third kappa shape index (κ3) is 4.24. The number of benzene rings is 1. The molecule has 2 N–H and O–H groups in total. The number of nitrogens with zero attached hydrogens (tertiary/aromatic N) is 1. The standard InChI is InChI=1S/C14H12IN3OS/c1-9-2-4-10(5-3-9)13(19)18-14(20)17-12-7-6-11(15)8-16-12/h2-8H,1H3,(H2,16,17,18,19,20). The molecule has 0 radical (unpaired) electrons. The SMILES string of the molecule is Cc1ccc(C(=O)NC(=S)Nc2ccc(I)cn2)cc1. The molecule has 20 heavy (non-hydrogen) atoms. The van der Waals surface area contributed by atoms with Crippen molar-refractivity contribution >= 4 is 51.6 Å². The molecule has 0 unspecified atom stereocenters. The fourth-order valence-electron chi connectivity index (χ4n) is 1.48. The second-order valence-electron chi connectivity index (χ2n) is 4.14. The summed E-state index contributed by atoms with van der Waals surface area (Å²) in [4.78, 5) is 16.1. The highest BCUT2D eigenvalue weighted by molar-refractivity contribution is 14.1. The Bertz CT molecular complexity index is 626. The quantitative estimate of drug-likeness (QED) is 0.604. The molecular formula is C14H12IN3OS. The van der Waals surface area contributed by atoms with Gasteiger partial charge < -0.3 is 5.32 Å². The summed E-state index contributed by atoms with van der Waals surface area (Å²) in [6.45, 7) is 1.97. The van der Waals surface area contributed by atoms with Crippen molar-refractivity contribution < 1.29 is 4.79 Å². The van der Waals surface area contributed by atoms with Gasteiger partial charge in [0.25, 0.3) is 5.91 Å². The normalized spacial score (nSPS) is 9.90. The number of carbonyl (C=O) groups excluding carboxylic acids is 1. The lowest BCUT2D eigenvalue weighted by Crippen LogP contribution is -2.34. The number of thiocarbonyl (C=S) groups is 1. The average molecular weight is 397 g/mol. The minimum Gasteiger partial charge on any atom is -0.317 e. The van der Waals surface area contributed by atoms with Gasteiger partial charge in [0.05, 0.1) is 0 Å². The molecule has 4 nitrogen and oxygen atoms in total. The van der Waals surface area contributed by atoms with Crippen LogP contribution in [0.4, 0.5) is 5.82 Å². The third-order valence-electron chi connectivity index (χ3n) is 2.51. The minimum absolute atomic E-state index is 0.226. The van der Waals surface area contributed by atoms with E-state index in [1.165, 1.54) is 0 Å². The Morgan fingerprint density at radius 2 is 1.90 bits per heavy atom. The Hall–Kier alpha value is -1.54. The van der Waals surface area contributed by atoms with Crippen LogP contribution in [0.15, 0.2) is 42.6 Å². The van der Waals surface area contributed by atoms with Crippen LogP contribution in [-0.2, 0) is 0 Å². The summed E-state index contributed by atoms with van der Waals surface area (Å²) in [7, 11) is 0. The van der Waals surface area contributed by atoms with Crippen molar-refractivity contribution in [1.82, 2.24) is 10.3 Å². The molecule has 0 aliphatic rings. The molecule has 2 rings (SSSR count). The maximum atomic E-state index is 12.0. The molecule has 0 spiro atoms. The van der Waals surface area contributed by atoms with E-state index in [-0.39, 0.29) is 11.0 Å². The number of hydrogen-bond donors (Lipinski definition) is 2. The Morgan fingerprint density at radius 3 is 2.50 bits per heavy atom. The lowest BCUT2D eigenvalue weighted by molar-refractivity contribution is 0.0978. The van der Waals surface area contributed by atoms with Crippen LogP contribution in [0.5, 0.6) is 0 Å². The maximum Gasteiger partial charge on any atom is 0.257 e. The molecule has 0 fully saturated rings. The highest BCUT2D eigenvalue weighted by Crippen LogP contribution is 2.07. The molecule has 0 bridgehead atoms. The summed E-state index contributed by atoms with van der Waals surface area (Å²) < 4.78 is 1.03. The summed E-state index contributed by atoms with van der Waals surface area (Å²) in [5.41, 5.74) is 1.67. The van der Waals surface area contributed by atoms with Gasteiger partial charge in [-0.15, -0.1) is 0 Å². The first-order chi connectivity index (χ1) is 9.54. The predicted molar refractivity (Wildman–Crippen MR) is 91.8 cm³/mol. The summed E-state index contributed by atoms with van der Waals surface area (Å²) >= 11 is 7.25. The number of carbonyl (C=O) groups is 1. The van der Waals surface area contributed by atoms with Gasteiger partial charge in [-0.2, -0.15) is 0 Å². The van der Waals surface area contributed by atoms with Gasteiger partial charge in [-0.3, -0.25) is 10.1 Å². The van der Waals surface area contributed by atoms with Crippen LogP contribution in [-0.4, -0.2) is 16.0 Å². The number of halogens is 1. The van der Waals surface area contributed by atoms with Gasteiger partial charge in [0, 0.05) is 15.3 Å². The Kier molecular flexibility index (Phi) is 5.02. The monoisotopic (exact) mass is 397 g/mol. The van der Waals surface area contributed by atoms with Gasteiger partial charge >= 0.3 is 0 Å². The fraction of sp³-hybridized carbons (Fsp3) is 0.0714. The number of nitrogens with one attached hydrogen (secondary N) is 2. The van der Waals surface area contributed by atoms with Crippen LogP contribution in [0.25, 0.3) is 0 Å². The topological polar surface area (TPSA) is 54.0 Å². The summed E-state index contributed by atoms with van der Waals surface area (Å²) in [6, 6.07) is 11.0. The zero-order chi connectivity index (χ0) is 14.5. The van der Waals surface area contributed by atoms with E-state index in [1.54, 1.807) is 24.4 Å². The van der Waals surface area contributed by atoms with Crippen molar-refractivity contribution in [1.29, 1.82) is 0 Å². The van der Waals surface area contributed by atoms with E-state index in [9.17, 15) is 4.79 Å². The highest BCUT2D eigenvalue weighted by atomic mass is 127. The van der Waals surface area contributed by atoms with Gasteiger partial charge in [-0.05, 0) is 66.0 Å². The molecule has 0 aliphatic heterocycles. The van der Waals surface area contributed by atoms with E-state index < -0.39 is 0 Å². The molecule has 102 valence electrons. The zero-order valence-electron chi connectivity index (χ0n) is 10.7. The maximum absolute atomic E-state index is 12.0. The van der Waals surface area contributed by atoms with Crippen molar-refractivity contribution in [2.24, 2.45) is 0 Å². The van der Waals surface area contributed by atoms with Crippen LogP contribution >= 0.6 is 34.8 Å². The van der Waals surface area contributed by atoms with E-state index in [0.29, 0.717) is 11.4 Å². The molecule has 0 aliphatic carbocycles. The first kappa shape index (κ1) is 14.9. The third-order valence-corrected chi connectivity index (χ3v) is 3.35. The molecule has 0 saturated heterocycles. The average Bonchev–Trinajstić information content (AvgIpc) is 2.42. The number of pyridine rings is 1. The lowest BCUT2D eigenvalue weighted by Gasteiger charge is -2.09. The van der Waals surface area contributed by atoms with Crippen LogP contribution < -0.4 is 10.6 Å². The van der Waals surface area contributed by atoms with Gasteiger partial charge in [-0.25, -0.2) is 4.98 Å². The van der Waals surface area contributed by atoms with E-state index in [4.69, 9.17) is 12.2 Å². The first-order valence-electron chi connectivity index (χ1n) is 5.85. The summed E-state index contributed by atoms with van der Waals surface area (Å²) in [6.07, 6.45) is 1.72. The molecular weight excluding hydrogens is 385 g/mol. The van der Waals surface area contributed by atoms with Gasteiger partial charge in [0.2, 0.25) is 0 Å². The van der Waals surface area contributed by atoms with Crippen molar-refractivity contribution in [3.05, 3.63) is 57.3 Å². The Labute approximate surface area is 136 Å². The van der Waals surface area contributed by atoms with Crippen molar-refractivity contribution in [3.63, 3.8) is 0 Å². The molecule has 2 aromatic rings. The molecule has 1 aromatic heterocycles. The van der Waals surface area contributed by atoms with Gasteiger partial charge in [0.1, 0.15) is 5.82 Å². The lowest BCUT2D eigenvalue weighted by atomic mass is 10.1. The van der Waals surface area contributed by atoms with Crippen LogP contribution in [0.3, 0.4) is 0 Å². The number of rotatable bonds is 2. The van der Waals surface area contributed by atoms with Gasteiger partial charge in [-0.1, -0.05) is 17.7 Å². The van der Waals surface area contributed by atoms with Crippen molar-refractivity contribution in [2.45, 2.75) is 6.92 Å². The molecule has 0 saturated carbocycles. The van der Waals surface area contributed by atoms with Crippen molar-refractivity contribution in [2.75, 3.05) is 5.32 Å². The van der Waals surface area contributed by atoms with E-state index >= 15 is 0 Å². The molecule has 0 atom stereocenters. The van der Waals surface area contributed by atoms with Crippen molar-refractivity contribution in [3.8, 4) is 0 Å². The van der Waals surface area contributed by atoms with E-state index in [1.807, 2.05) is 25.1 Å². The molecule has 1 amide bonds. The minimum atomic E-state index is -0.243. The van der Waals surface area contributed by atoms with Crippen LogP contribution in [0.2, 0.25) is 0 Å². The number of hydrogen-bond acceptors (Lipinski definition) is 3. The molecule has 1 heterocycles. The highest BCUT2D eigenvalue weighted by Gasteiger charge is 2.07. The van der Waals surface area contributed by atoms with Crippen LogP contribution in [0.1, 0.15) is 15.9 Å². The first-order valence-corrected chi connectivity index (χ1v) is 7.34. The second kappa shape index (κ2) is 6.76. The second-order valence-corrected chi connectivity index (χ2v) is 5.79. The predicted octanol–water partition coefficient (Wildman–Crippen LogP) is 3.12. The Balaban J connectivity index is 1.95. The number of aromatic nitrogens is 1. The number of anilines is 1. The molecule has 6 heteroatoms. The summed E-state index contributed by atoms with van der Waals surface area (Å²) in [5, 5.41) is 5.71. The summed E-state index contributed by atoms with van der Waals surface area (Å²) in [5.74, 6) is 0.354. The smallest absolute Gasteiger partial charge is 0.257 e. The van der Waals surface area contributed by atoms with E-state index in [0.717, 1.165) is 9.13 Å². The van der Waals surface area contributed by atoms with Crippen LogP contribution in [0, 0.1) is 10.5 Å². The number of aryl methyl sites for hydroxylation is 1. The Morgan fingerprint density at radius 1 is 1.20 bits per heavy atom. The molecule has 1 aromatic carbocycles.